The summed E-state index contributed by atoms with van der Waals surface area (Å²) in [6.07, 6.45) is 5.43. The van der Waals surface area contributed by atoms with Crippen LogP contribution in [0.1, 0.15) is 40.0 Å². The third-order valence-electron chi connectivity index (χ3n) is 4.16. The number of hydrogen-bond acceptors (Lipinski definition) is 4. The van der Waals surface area contributed by atoms with Crippen LogP contribution in [-0.4, -0.2) is 29.6 Å². The minimum absolute atomic E-state index is 0.522. The van der Waals surface area contributed by atoms with Gasteiger partial charge >= 0.3 is 0 Å². The molecule has 0 saturated carbocycles. The zero-order chi connectivity index (χ0) is 13.0. The van der Waals surface area contributed by atoms with Gasteiger partial charge in [0.25, 0.3) is 0 Å². The van der Waals surface area contributed by atoms with E-state index in [4.69, 9.17) is 0 Å². The number of nitrogens with zero attached hydrogens (tertiary/aromatic N) is 3. The van der Waals surface area contributed by atoms with Crippen molar-refractivity contribution in [1.82, 2.24) is 9.97 Å². The maximum absolute atomic E-state index is 4.39. The number of piperidine rings is 1. The molecule has 2 heterocycles. The number of anilines is 2. The maximum atomic E-state index is 4.39. The molecule has 18 heavy (non-hydrogen) atoms. The van der Waals surface area contributed by atoms with Gasteiger partial charge in [-0.2, -0.15) is 0 Å². The molecule has 0 atom stereocenters. The van der Waals surface area contributed by atoms with Crippen molar-refractivity contribution in [2.45, 2.75) is 40.0 Å². The van der Waals surface area contributed by atoms with Crippen molar-refractivity contribution in [2.24, 2.45) is 5.41 Å². The summed E-state index contributed by atoms with van der Waals surface area (Å²) in [4.78, 5) is 11.0. The third-order valence-corrected chi connectivity index (χ3v) is 4.16. The van der Waals surface area contributed by atoms with E-state index in [-0.39, 0.29) is 0 Å². The molecule has 1 aliphatic heterocycles. The molecule has 100 valence electrons. The van der Waals surface area contributed by atoms with Crippen LogP contribution in [0.2, 0.25) is 0 Å². The van der Waals surface area contributed by atoms with Crippen LogP contribution in [0.5, 0.6) is 0 Å². The van der Waals surface area contributed by atoms with Crippen LogP contribution >= 0.6 is 0 Å². The van der Waals surface area contributed by atoms with E-state index in [1.165, 1.54) is 19.3 Å². The molecule has 0 unspecified atom stereocenters. The maximum Gasteiger partial charge on any atom is 0.134 e. The number of rotatable bonds is 4. The van der Waals surface area contributed by atoms with E-state index in [2.05, 4.69) is 47.0 Å². The fraction of sp³-hybridized carbons (Fsp3) is 0.714. The van der Waals surface area contributed by atoms with Gasteiger partial charge in [-0.1, -0.05) is 20.3 Å². The van der Waals surface area contributed by atoms with E-state index in [0.717, 1.165) is 31.3 Å². The lowest BCUT2D eigenvalue weighted by Gasteiger charge is -2.39. The second-order valence-electron chi connectivity index (χ2n) is 5.44. The molecule has 2 rings (SSSR count). The monoisotopic (exact) mass is 248 g/mol. The van der Waals surface area contributed by atoms with Crippen LogP contribution in [0.15, 0.2) is 12.4 Å². The minimum Gasteiger partial charge on any atom is -0.370 e. The lowest BCUT2D eigenvalue weighted by molar-refractivity contribution is 0.238. The fourth-order valence-electron chi connectivity index (χ4n) is 2.43. The standard InChI is InChI=1S/C14H24N4/c1-4-14(3)6-8-18(9-7-14)13-10-12(15-5-2)16-11-17-13/h10-11H,4-9H2,1-3H3,(H,15,16,17). The van der Waals surface area contributed by atoms with Gasteiger partial charge in [0.15, 0.2) is 0 Å². The zero-order valence-corrected chi connectivity index (χ0v) is 11.7. The molecule has 1 aromatic heterocycles. The summed E-state index contributed by atoms with van der Waals surface area (Å²) in [6, 6.07) is 2.05. The van der Waals surface area contributed by atoms with Crippen molar-refractivity contribution < 1.29 is 0 Å². The van der Waals surface area contributed by atoms with E-state index < -0.39 is 0 Å². The van der Waals surface area contributed by atoms with Crippen LogP contribution in [0.4, 0.5) is 11.6 Å². The minimum atomic E-state index is 0.522. The smallest absolute Gasteiger partial charge is 0.134 e. The molecule has 0 amide bonds. The average Bonchev–Trinajstić information content (AvgIpc) is 2.40. The Bertz CT molecular complexity index is 383. The lowest BCUT2D eigenvalue weighted by atomic mass is 9.78. The van der Waals surface area contributed by atoms with E-state index in [1.54, 1.807) is 6.33 Å². The van der Waals surface area contributed by atoms with Crippen LogP contribution in [0.25, 0.3) is 0 Å². The zero-order valence-electron chi connectivity index (χ0n) is 11.7. The van der Waals surface area contributed by atoms with Crippen molar-refractivity contribution in [3.63, 3.8) is 0 Å². The Morgan fingerprint density at radius 2 is 2.00 bits per heavy atom. The normalized spacial score (nSPS) is 18.7. The molecule has 0 radical (unpaired) electrons. The molecule has 4 nitrogen and oxygen atoms in total. The van der Waals surface area contributed by atoms with Crippen molar-refractivity contribution >= 4 is 11.6 Å². The van der Waals surface area contributed by atoms with E-state index in [0.29, 0.717) is 5.41 Å². The Hall–Kier alpha value is -1.32. The highest BCUT2D eigenvalue weighted by atomic mass is 15.2. The summed E-state index contributed by atoms with van der Waals surface area (Å²) < 4.78 is 0. The van der Waals surface area contributed by atoms with Crippen LogP contribution in [-0.2, 0) is 0 Å². The largest absolute Gasteiger partial charge is 0.370 e. The van der Waals surface area contributed by atoms with Gasteiger partial charge in [0, 0.05) is 25.7 Å². The highest BCUT2D eigenvalue weighted by Gasteiger charge is 2.28. The summed E-state index contributed by atoms with van der Waals surface area (Å²) in [5.74, 6) is 1.98. The molecule has 1 aromatic rings. The topological polar surface area (TPSA) is 41.0 Å². The first kappa shape index (κ1) is 13.1. The average molecular weight is 248 g/mol. The predicted molar refractivity (Wildman–Crippen MR) is 76.0 cm³/mol. The molecule has 0 aromatic carbocycles. The molecule has 0 bridgehead atoms. The Morgan fingerprint density at radius 3 is 2.61 bits per heavy atom. The molecule has 0 aliphatic carbocycles. The second kappa shape index (κ2) is 5.55. The summed E-state index contributed by atoms with van der Waals surface area (Å²) in [7, 11) is 0. The first-order chi connectivity index (χ1) is 8.67. The Morgan fingerprint density at radius 1 is 1.28 bits per heavy atom. The van der Waals surface area contributed by atoms with Crippen molar-refractivity contribution in [1.29, 1.82) is 0 Å². The van der Waals surface area contributed by atoms with Gasteiger partial charge < -0.3 is 10.2 Å². The van der Waals surface area contributed by atoms with Gasteiger partial charge in [-0.15, -0.1) is 0 Å². The molecule has 1 fully saturated rings. The molecular formula is C14H24N4. The van der Waals surface area contributed by atoms with E-state index in [9.17, 15) is 0 Å². The Balaban J connectivity index is 2.03. The first-order valence-corrected chi connectivity index (χ1v) is 6.98. The SMILES string of the molecule is CCNc1cc(N2CCC(C)(CC)CC2)ncn1. The molecule has 4 heteroatoms. The number of nitrogens with one attached hydrogen (secondary N) is 1. The van der Waals surface area contributed by atoms with Gasteiger partial charge in [-0.25, -0.2) is 9.97 Å². The molecular weight excluding hydrogens is 224 g/mol. The molecule has 1 saturated heterocycles. The van der Waals surface area contributed by atoms with Gasteiger partial charge in [-0.05, 0) is 25.2 Å². The van der Waals surface area contributed by atoms with E-state index in [1.807, 2.05) is 0 Å². The third kappa shape index (κ3) is 2.92. The second-order valence-corrected chi connectivity index (χ2v) is 5.44. The van der Waals surface area contributed by atoms with E-state index >= 15 is 0 Å². The van der Waals surface area contributed by atoms with Gasteiger partial charge in [0.1, 0.15) is 18.0 Å². The summed E-state index contributed by atoms with van der Waals surface area (Å²) in [5.41, 5.74) is 0.522. The lowest BCUT2D eigenvalue weighted by Crippen LogP contribution is -2.38. The molecule has 0 spiro atoms. The van der Waals surface area contributed by atoms with Crippen LogP contribution in [0, 0.1) is 5.41 Å². The fourth-order valence-corrected chi connectivity index (χ4v) is 2.43. The molecule has 1 N–H and O–H groups in total. The number of aromatic nitrogens is 2. The highest BCUT2D eigenvalue weighted by molar-refractivity contribution is 5.48. The summed E-state index contributed by atoms with van der Waals surface area (Å²) in [6.45, 7) is 9.87. The van der Waals surface area contributed by atoms with Gasteiger partial charge in [0.05, 0.1) is 0 Å². The summed E-state index contributed by atoms with van der Waals surface area (Å²) >= 11 is 0. The predicted octanol–water partition coefficient (Wildman–Crippen LogP) is 2.92. The van der Waals surface area contributed by atoms with Gasteiger partial charge in [-0.3, -0.25) is 0 Å². The van der Waals surface area contributed by atoms with Crippen molar-refractivity contribution in [2.75, 3.05) is 29.9 Å². The quantitative estimate of drug-likeness (QED) is 0.889. The summed E-state index contributed by atoms with van der Waals surface area (Å²) in [5, 5.41) is 3.24. The van der Waals surface area contributed by atoms with Crippen molar-refractivity contribution in [3.8, 4) is 0 Å². The first-order valence-electron chi connectivity index (χ1n) is 6.98. The number of hydrogen-bond donors (Lipinski definition) is 1. The van der Waals surface area contributed by atoms with Gasteiger partial charge in [0.2, 0.25) is 0 Å². The van der Waals surface area contributed by atoms with Crippen LogP contribution < -0.4 is 10.2 Å². The van der Waals surface area contributed by atoms with Crippen molar-refractivity contribution in [3.05, 3.63) is 12.4 Å². The Labute approximate surface area is 110 Å². The molecule has 1 aliphatic rings. The van der Waals surface area contributed by atoms with Crippen LogP contribution in [0.3, 0.4) is 0 Å². The highest BCUT2D eigenvalue weighted by Crippen LogP contribution is 2.35. The Kier molecular flexibility index (Phi) is 4.04.